The van der Waals surface area contributed by atoms with Crippen LogP contribution in [0.2, 0.25) is 0 Å². The standard InChI is InChI=1S/C24H22N4O3.ClH/c1-15-6-4-5-7-20(15)21-10-8-17(12-19(21)14-30-3)24-27-23(28-31-24)18-9-11-22(25-13-18)26-16(2)29;/h4-13H,14H2,1-3H3,(H,25,26,29);1H. The normalized spacial score (nSPS) is 10.5. The van der Waals surface area contributed by atoms with Gasteiger partial charge in [-0.1, -0.05) is 35.5 Å². The molecule has 0 aliphatic carbocycles. The molecule has 0 unspecified atom stereocenters. The number of hydrogen-bond acceptors (Lipinski definition) is 6. The SMILES string of the molecule is COCc1cc(-c2nc(-c3ccc(NC(C)=O)nc3)no2)ccc1-c1ccccc1C.Cl. The van der Waals surface area contributed by atoms with Crippen LogP contribution in [0.3, 0.4) is 0 Å². The summed E-state index contributed by atoms with van der Waals surface area (Å²) >= 11 is 0. The van der Waals surface area contributed by atoms with Gasteiger partial charge in [0.05, 0.1) is 6.61 Å². The van der Waals surface area contributed by atoms with E-state index in [1.54, 1.807) is 25.4 Å². The third-order valence-electron chi connectivity index (χ3n) is 4.84. The molecule has 4 rings (SSSR count). The van der Waals surface area contributed by atoms with Crippen LogP contribution in [-0.4, -0.2) is 28.1 Å². The molecular weight excluding hydrogens is 428 g/mol. The van der Waals surface area contributed by atoms with E-state index >= 15 is 0 Å². The molecule has 0 saturated heterocycles. The summed E-state index contributed by atoms with van der Waals surface area (Å²) in [6.07, 6.45) is 1.59. The van der Waals surface area contributed by atoms with E-state index < -0.39 is 0 Å². The second-order valence-corrected chi connectivity index (χ2v) is 7.16. The van der Waals surface area contributed by atoms with Crippen LogP contribution in [0.25, 0.3) is 34.0 Å². The maximum atomic E-state index is 11.1. The summed E-state index contributed by atoms with van der Waals surface area (Å²) in [6.45, 7) is 3.99. The van der Waals surface area contributed by atoms with Gasteiger partial charge in [-0.2, -0.15) is 4.98 Å². The fourth-order valence-electron chi connectivity index (χ4n) is 3.38. The van der Waals surface area contributed by atoms with Crippen molar-refractivity contribution in [1.29, 1.82) is 0 Å². The van der Waals surface area contributed by atoms with E-state index in [9.17, 15) is 4.79 Å². The number of methoxy groups -OCH3 is 1. The molecule has 7 nitrogen and oxygen atoms in total. The predicted molar refractivity (Wildman–Crippen MR) is 125 cm³/mol. The first kappa shape index (κ1) is 23.1. The van der Waals surface area contributed by atoms with Gasteiger partial charge in [0.1, 0.15) is 5.82 Å². The van der Waals surface area contributed by atoms with Gasteiger partial charge >= 0.3 is 0 Å². The van der Waals surface area contributed by atoms with Crippen LogP contribution >= 0.6 is 12.4 Å². The van der Waals surface area contributed by atoms with Crippen molar-refractivity contribution in [3.8, 4) is 34.0 Å². The van der Waals surface area contributed by atoms with Gasteiger partial charge in [0.2, 0.25) is 11.7 Å². The minimum atomic E-state index is -0.178. The molecule has 0 atom stereocenters. The monoisotopic (exact) mass is 450 g/mol. The molecule has 0 spiro atoms. The van der Waals surface area contributed by atoms with E-state index in [1.807, 2.05) is 24.3 Å². The lowest BCUT2D eigenvalue weighted by Crippen LogP contribution is -2.06. The van der Waals surface area contributed by atoms with Gasteiger partial charge in [-0.25, -0.2) is 4.98 Å². The molecule has 2 aromatic carbocycles. The number of aromatic nitrogens is 3. The third kappa shape index (κ3) is 5.01. The number of rotatable bonds is 6. The van der Waals surface area contributed by atoms with Gasteiger partial charge in [0.25, 0.3) is 5.89 Å². The topological polar surface area (TPSA) is 90.1 Å². The van der Waals surface area contributed by atoms with Crippen molar-refractivity contribution >= 4 is 24.1 Å². The Balaban J connectivity index is 0.00000289. The summed E-state index contributed by atoms with van der Waals surface area (Å²) in [5.74, 6) is 1.13. The van der Waals surface area contributed by atoms with Crippen LogP contribution in [0.15, 0.2) is 65.3 Å². The molecule has 1 N–H and O–H groups in total. The minimum absolute atomic E-state index is 0. The lowest BCUT2D eigenvalue weighted by atomic mass is 9.94. The Morgan fingerprint density at radius 3 is 2.53 bits per heavy atom. The van der Waals surface area contributed by atoms with E-state index in [0.29, 0.717) is 29.7 Å². The van der Waals surface area contributed by atoms with Crippen LogP contribution in [0, 0.1) is 6.92 Å². The maximum Gasteiger partial charge on any atom is 0.258 e. The minimum Gasteiger partial charge on any atom is -0.380 e. The molecule has 0 fully saturated rings. The number of halogens is 1. The average Bonchev–Trinajstić information content (AvgIpc) is 3.25. The second-order valence-electron chi connectivity index (χ2n) is 7.16. The second kappa shape index (κ2) is 10.2. The predicted octanol–water partition coefficient (Wildman–Crippen LogP) is 5.30. The quantitative estimate of drug-likeness (QED) is 0.428. The van der Waals surface area contributed by atoms with Crippen molar-refractivity contribution in [1.82, 2.24) is 15.1 Å². The highest BCUT2D eigenvalue weighted by atomic mass is 35.5. The highest BCUT2D eigenvalue weighted by Crippen LogP contribution is 2.31. The van der Waals surface area contributed by atoms with E-state index in [0.717, 1.165) is 22.3 Å². The van der Waals surface area contributed by atoms with Gasteiger partial charge in [0, 0.05) is 31.4 Å². The number of anilines is 1. The van der Waals surface area contributed by atoms with E-state index in [4.69, 9.17) is 9.26 Å². The van der Waals surface area contributed by atoms with Crippen LogP contribution in [0.4, 0.5) is 5.82 Å². The summed E-state index contributed by atoms with van der Waals surface area (Å²) in [7, 11) is 1.68. The number of nitrogens with one attached hydrogen (secondary N) is 1. The molecule has 2 heterocycles. The van der Waals surface area contributed by atoms with Gasteiger partial charge in [0.15, 0.2) is 0 Å². The maximum absolute atomic E-state index is 11.1. The molecule has 0 bridgehead atoms. The third-order valence-corrected chi connectivity index (χ3v) is 4.84. The Kier molecular flexibility index (Phi) is 7.35. The average molecular weight is 451 g/mol. The summed E-state index contributed by atoms with van der Waals surface area (Å²) in [4.78, 5) is 19.9. The molecule has 4 aromatic rings. The Morgan fingerprint density at radius 2 is 1.84 bits per heavy atom. The van der Waals surface area contributed by atoms with E-state index in [1.165, 1.54) is 12.5 Å². The zero-order chi connectivity index (χ0) is 21.8. The van der Waals surface area contributed by atoms with Crippen molar-refractivity contribution in [2.75, 3.05) is 12.4 Å². The van der Waals surface area contributed by atoms with Gasteiger partial charge in [-0.15, -0.1) is 12.4 Å². The summed E-state index contributed by atoms with van der Waals surface area (Å²) in [6, 6.07) is 17.8. The van der Waals surface area contributed by atoms with E-state index in [2.05, 4.69) is 45.6 Å². The van der Waals surface area contributed by atoms with Crippen molar-refractivity contribution < 1.29 is 14.1 Å². The number of nitrogens with zero attached hydrogens (tertiary/aromatic N) is 3. The number of pyridine rings is 1. The number of benzene rings is 2. The molecule has 1 amide bonds. The smallest absolute Gasteiger partial charge is 0.258 e. The van der Waals surface area contributed by atoms with Crippen LogP contribution < -0.4 is 5.32 Å². The van der Waals surface area contributed by atoms with Crippen molar-refractivity contribution in [2.24, 2.45) is 0 Å². The Morgan fingerprint density at radius 1 is 1.06 bits per heavy atom. The first-order valence-corrected chi connectivity index (χ1v) is 9.81. The largest absolute Gasteiger partial charge is 0.380 e. The molecule has 8 heteroatoms. The van der Waals surface area contributed by atoms with Crippen LogP contribution in [0.5, 0.6) is 0 Å². The lowest BCUT2D eigenvalue weighted by molar-refractivity contribution is -0.114. The number of carbonyl (C=O) groups is 1. The van der Waals surface area contributed by atoms with Gasteiger partial charge in [-0.05, 0) is 53.4 Å². The molecule has 0 saturated carbocycles. The first-order valence-electron chi connectivity index (χ1n) is 9.81. The summed E-state index contributed by atoms with van der Waals surface area (Å²) in [5, 5.41) is 6.71. The molecular formula is C24H23ClN4O3. The Hall–Kier alpha value is -3.55. The zero-order valence-corrected chi connectivity index (χ0v) is 18.8. The number of aryl methyl sites for hydroxylation is 1. The molecule has 2 aromatic heterocycles. The fourth-order valence-corrected chi connectivity index (χ4v) is 3.38. The van der Waals surface area contributed by atoms with Crippen LogP contribution in [-0.2, 0) is 16.1 Å². The molecule has 0 radical (unpaired) electrons. The van der Waals surface area contributed by atoms with Crippen molar-refractivity contribution in [3.05, 3.63) is 71.9 Å². The van der Waals surface area contributed by atoms with Crippen molar-refractivity contribution in [3.63, 3.8) is 0 Å². The van der Waals surface area contributed by atoms with Gasteiger partial charge < -0.3 is 14.6 Å². The molecule has 0 aliphatic rings. The highest BCUT2D eigenvalue weighted by molar-refractivity contribution is 5.87. The van der Waals surface area contributed by atoms with E-state index in [-0.39, 0.29) is 18.3 Å². The number of ether oxygens (including phenoxy) is 1. The van der Waals surface area contributed by atoms with Crippen LogP contribution in [0.1, 0.15) is 18.1 Å². The Bertz CT molecular complexity index is 1220. The summed E-state index contributed by atoms with van der Waals surface area (Å²) < 4.78 is 10.9. The van der Waals surface area contributed by atoms with Crippen molar-refractivity contribution in [2.45, 2.75) is 20.5 Å². The number of amides is 1. The lowest BCUT2D eigenvalue weighted by Gasteiger charge is -2.12. The fraction of sp³-hybridized carbons (Fsp3) is 0.167. The zero-order valence-electron chi connectivity index (χ0n) is 18.0. The number of carbonyl (C=O) groups excluding carboxylic acids is 1. The highest BCUT2D eigenvalue weighted by Gasteiger charge is 2.15. The first-order chi connectivity index (χ1) is 15.0. The van der Waals surface area contributed by atoms with Gasteiger partial charge in [-0.3, -0.25) is 4.79 Å². The number of hydrogen-bond donors (Lipinski definition) is 1. The molecule has 164 valence electrons. The molecule has 0 aliphatic heterocycles. The Labute approximate surface area is 192 Å². The molecule has 32 heavy (non-hydrogen) atoms. The summed E-state index contributed by atoms with van der Waals surface area (Å²) in [5.41, 5.74) is 6.01.